The van der Waals surface area contributed by atoms with Gasteiger partial charge in [0.05, 0.1) is 17.0 Å². The summed E-state index contributed by atoms with van der Waals surface area (Å²) in [5.74, 6) is 0.723. The molecule has 1 fully saturated rings. The van der Waals surface area contributed by atoms with E-state index in [0.29, 0.717) is 23.0 Å². The number of H-pyrrole nitrogens is 1. The van der Waals surface area contributed by atoms with Crippen molar-refractivity contribution in [2.45, 2.75) is 38.2 Å². The Hall–Kier alpha value is -3.21. The molecule has 0 unspecified atom stereocenters. The largest absolute Gasteiger partial charge is 0.474 e. The minimum Gasteiger partial charge on any atom is -0.474 e. The topological polar surface area (TPSA) is 50.8 Å². The second-order valence-corrected chi connectivity index (χ2v) is 7.25. The van der Waals surface area contributed by atoms with Crippen LogP contribution >= 0.6 is 0 Å². The van der Waals surface area contributed by atoms with E-state index in [9.17, 15) is 4.39 Å². The van der Waals surface area contributed by atoms with E-state index in [-0.39, 0.29) is 11.9 Å². The van der Waals surface area contributed by atoms with E-state index >= 15 is 0 Å². The standard InChI is InChI=1S/C24H24FN3O/c1-3-21-22(4-2)28-24(27-21)19-12-10-16(14-20(19)25)17-11-13-23(26-15-17)29-18-8-6-5-7-9-18/h3-4,10-15,18H,1-2,5-9H2,(H,27,28). The normalized spacial score (nSPS) is 14.5. The zero-order chi connectivity index (χ0) is 20.2. The third kappa shape index (κ3) is 4.14. The minimum absolute atomic E-state index is 0.257. The zero-order valence-corrected chi connectivity index (χ0v) is 16.3. The number of halogens is 1. The molecule has 1 saturated carbocycles. The molecule has 29 heavy (non-hydrogen) atoms. The molecule has 1 aliphatic carbocycles. The van der Waals surface area contributed by atoms with Gasteiger partial charge in [-0.25, -0.2) is 14.4 Å². The molecule has 4 nitrogen and oxygen atoms in total. The van der Waals surface area contributed by atoms with Crippen molar-refractivity contribution in [3.63, 3.8) is 0 Å². The molecule has 0 aliphatic heterocycles. The number of imidazole rings is 1. The first-order chi connectivity index (χ1) is 14.2. The van der Waals surface area contributed by atoms with Crippen LogP contribution in [-0.4, -0.2) is 21.1 Å². The van der Waals surface area contributed by atoms with Crippen LogP contribution in [0.15, 0.2) is 49.7 Å². The zero-order valence-electron chi connectivity index (χ0n) is 16.3. The van der Waals surface area contributed by atoms with Crippen LogP contribution in [-0.2, 0) is 0 Å². The number of hydrogen-bond acceptors (Lipinski definition) is 3. The number of rotatable bonds is 6. The second kappa shape index (κ2) is 8.43. The number of nitrogens with one attached hydrogen (secondary N) is 1. The maximum atomic E-state index is 14.8. The summed E-state index contributed by atoms with van der Waals surface area (Å²) < 4.78 is 20.8. The van der Waals surface area contributed by atoms with Gasteiger partial charge in [0.1, 0.15) is 17.7 Å². The number of aromatic nitrogens is 3. The minimum atomic E-state index is -0.356. The van der Waals surface area contributed by atoms with Gasteiger partial charge in [-0.15, -0.1) is 0 Å². The third-order valence-electron chi connectivity index (χ3n) is 5.29. The summed E-state index contributed by atoms with van der Waals surface area (Å²) in [5.41, 5.74) is 3.36. The van der Waals surface area contributed by atoms with E-state index in [1.807, 2.05) is 18.2 Å². The number of hydrogen-bond donors (Lipinski definition) is 1. The van der Waals surface area contributed by atoms with Crippen LogP contribution in [0.1, 0.15) is 43.5 Å². The van der Waals surface area contributed by atoms with Gasteiger partial charge in [-0.05, 0) is 61.6 Å². The predicted octanol–water partition coefficient (Wildman–Crippen LogP) is 6.28. The Bertz CT molecular complexity index is 992. The summed E-state index contributed by atoms with van der Waals surface area (Å²) in [4.78, 5) is 11.9. The molecule has 2 aromatic heterocycles. The monoisotopic (exact) mass is 389 g/mol. The first-order valence-electron chi connectivity index (χ1n) is 9.96. The van der Waals surface area contributed by atoms with Crippen molar-refractivity contribution in [1.82, 2.24) is 15.0 Å². The summed E-state index contributed by atoms with van der Waals surface area (Å²) in [5, 5.41) is 0. The van der Waals surface area contributed by atoms with E-state index in [0.717, 1.165) is 29.7 Å². The average Bonchev–Trinajstić information content (AvgIpc) is 3.18. The van der Waals surface area contributed by atoms with Gasteiger partial charge in [0.2, 0.25) is 5.88 Å². The molecule has 1 aromatic carbocycles. The predicted molar refractivity (Wildman–Crippen MR) is 115 cm³/mol. The summed E-state index contributed by atoms with van der Waals surface area (Å²) in [7, 11) is 0. The average molecular weight is 389 g/mol. The highest BCUT2D eigenvalue weighted by molar-refractivity contribution is 5.70. The number of ether oxygens (including phenoxy) is 1. The van der Waals surface area contributed by atoms with Gasteiger partial charge < -0.3 is 9.72 Å². The first-order valence-corrected chi connectivity index (χ1v) is 9.96. The van der Waals surface area contributed by atoms with Crippen LogP contribution in [0.5, 0.6) is 5.88 Å². The van der Waals surface area contributed by atoms with Crippen molar-refractivity contribution in [3.05, 3.63) is 66.9 Å². The van der Waals surface area contributed by atoms with E-state index in [2.05, 4.69) is 28.1 Å². The second-order valence-electron chi connectivity index (χ2n) is 7.25. The molecular weight excluding hydrogens is 365 g/mol. The smallest absolute Gasteiger partial charge is 0.213 e. The van der Waals surface area contributed by atoms with E-state index in [4.69, 9.17) is 4.74 Å². The molecule has 148 valence electrons. The number of pyridine rings is 1. The molecule has 1 aliphatic rings. The van der Waals surface area contributed by atoms with Crippen molar-refractivity contribution in [2.24, 2.45) is 0 Å². The molecule has 0 atom stereocenters. The van der Waals surface area contributed by atoms with Gasteiger partial charge in [-0.2, -0.15) is 0 Å². The molecule has 0 radical (unpaired) electrons. The third-order valence-corrected chi connectivity index (χ3v) is 5.29. The number of nitrogens with zero attached hydrogens (tertiary/aromatic N) is 2. The molecule has 0 amide bonds. The lowest BCUT2D eigenvalue weighted by Gasteiger charge is -2.22. The van der Waals surface area contributed by atoms with Crippen LogP contribution in [0.4, 0.5) is 4.39 Å². The Morgan fingerprint density at radius 1 is 1.03 bits per heavy atom. The Morgan fingerprint density at radius 3 is 2.45 bits per heavy atom. The van der Waals surface area contributed by atoms with Crippen molar-refractivity contribution >= 4 is 12.2 Å². The van der Waals surface area contributed by atoms with Crippen molar-refractivity contribution < 1.29 is 9.13 Å². The quantitative estimate of drug-likeness (QED) is 0.540. The first kappa shape index (κ1) is 19.1. The molecule has 5 heteroatoms. The van der Waals surface area contributed by atoms with Gasteiger partial charge in [-0.1, -0.05) is 25.6 Å². The van der Waals surface area contributed by atoms with Crippen LogP contribution in [0.2, 0.25) is 0 Å². The fourth-order valence-corrected chi connectivity index (χ4v) is 3.70. The highest BCUT2D eigenvalue weighted by Gasteiger charge is 2.16. The molecule has 0 saturated heterocycles. The fraction of sp³-hybridized carbons (Fsp3) is 0.250. The molecule has 3 aromatic rings. The van der Waals surface area contributed by atoms with Gasteiger partial charge in [0.15, 0.2) is 0 Å². The Balaban J connectivity index is 1.53. The van der Waals surface area contributed by atoms with Crippen molar-refractivity contribution in [2.75, 3.05) is 0 Å². The Kier molecular flexibility index (Phi) is 5.56. The molecular formula is C24H24FN3O. The molecule has 1 N–H and O–H groups in total. The lowest BCUT2D eigenvalue weighted by molar-refractivity contribution is 0.148. The maximum Gasteiger partial charge on any atom is 0.213 e. The SMILES string of the molecule is C=Cc1nc(-c2ccc(-c3ccc(OC4CCCCC4)nc3)cc2F)[nH]c1C=C. The lowest BCUT2D eigenvalue weighted by atomic mass is 9.98. The van der Waals surface area contributed by atoms with Crippen molar-refractivity contribution in [1.29, 1.82) is 0 Å². The maximum absolute atomic E-state index is 14.8. The summed E-state index contributed by atoms with van der Waals surface area (Å²) in [6, 6.07) is 8.85. The van der Waals surface area contributed by atoms with Gasteiger partial charge in [0.25, 0.3) is 0 Å². The number of aromatic amines is 1. The molecule has 0 spiro atoms. The van der Waals surface area contributed by atoms with Crippen molar-refractivity contribution in [3.8, 4) is 28.4 Å². The summed E-state index contributed by atoms with van der Waals surface area (Å²) >= 11 is 0. The van der Waals surface area contributed by atoms with Gasteiger partial charge in [-0.3, -0.25) is 0 Å². The van der Waals surface area contributed by atoms with E-state index in [1.165, 1.54) is 25.3 Å². The highest BCUT2D eigenvalue weighted by Crippen LogP contribution is 2.29. The molecule has 0 bridgehead atoms. The van der Waals surface area contributed by atoms with Crippen LogP contribution < -0.4 is 4.74 Å². The van der Waals surface area contributed by atoms with Crippen LogP contribution in [0.25, 0.3) is 34.7 Å². The number of benzene rings is 1. The summed E-state index contributed by atoms with van der Waals surface area (Å²) in [6.07, 6.45) is 11.1. The highest BCUT2D eigenvalue weighted by atomic mass is 19.1. The Morgan fingerprint density at radius 2 is 1.83 bits per heavy atom. The van der Waals surface area contributed by atoms with Crippen LogP contribution in [0.3, 0.4) is 0 Å². The van der Waals surface area contributed by atoms with Gasteiger partial charge >= 0.3 is 0 Å². The summed E-state index contributed by atoms with van der Waals surface area (Å²) in [6.45, 7) is 7.46. The van der Waals surface area contributed by atoms with E-state index in [1.54, 1.807) is 24.4 Å². The van der Waals surface area contributed by atoms with E-state index < -0.39 is 0 Å². The Labute approximate surface area is 170 Å². The molecule has 4 rings (SSSR count). The lowest BCUT2D eigenvalue weighted by Crippen LogP contribution is -2.20. The fourth-order valence-electron chi connectivity index (χ4n) is 3.70. The van der Waals surface area contributed by atoms with Gasteiger partial charge in [0, 0.05) is 17.8 Å². The van der Waals surface area contributed by atoms with Crippen LogP contribution in [0, 0.1) is 5.82 Å². The molecule has 2 heterocycles.